The zero-order valence-electron chi connectivity index (χ0n) is 8.28. The normalized spacial score (nSPS) is 10.7. The molecule has 0 N–H and O–H groups in total. The molecule has 0 unspecified atom stereocenters. The summed E-state index contributed by atoms with van der Waals surface area (Å²) >= 11 is 0. The molecule has 0 fully saturated rings. The van der Waals surface area contributed by atoms with Crippen molar-refractivity contribution in [1.29, 1.82) is 0 Å². The molecule has 0 spiro atoms. The molecule has 2 heterocycles. The van der Waals surface area contributed by atoms with Crippen LogP contribution in [0.3, 0.4) is 0 Å². The van der Waals surface area contributed by atoms with Gasteiger partial charge in [0.25, 0.3) is 0 Å². The van der Waals surface area contributed by atoms with Gasteiger partial charge < -0.3 is 8.94 Å². The molecular weight excluding hydrogens is 180 g/mol. The zero-order valence-corrected chi connectivity index (χ0v) is 8.28. The molecule has 0 saturated carbocycles. The van der Waals surface area contributed by atoms with Gasteiger partial charge in [0, 0.05) is 18.9 Å². The second-order valence-electron chi connectivity index (χ2n) is 3.32. The van der Waals surface area contributed by atoms with Gasteiger partial charge in [-0.25, -0.2) is 4.98 Å². The van der Waals surface area contributed by atoms with Crippen molar-refractivity contribution in [3.63, 3.8) is 0 Å². The van der Waals surface area contributed by atoms with Crippen LogP contribution in [0.4, 0.5) is 0 Å². The van der Waals surface area contributed by atoms with E-state index < -0.39 is 0 Å². The monoisotopic (exact) mass is 192 g/mol. The number of hydrogen-bond donors (Lipinski definition) is 0. The number of nitrogens with zero attached hydrogens (tertiary/aromatic N) is 2. The first-order valence-electron chi connectivity index (χ1n) is 4.57. The molecule has 0 radical (unpaired) electrons. The van der Waals surface area contributed by atoms with Crippen molar-refractivity contribution in [2.24, 2.45) is 0 Å². The van der Waals surface area contributed by atoms with E-state index in [-0.39, 0.29) is 0 Å². The van der Waals surface area contributed by atoms with Crippen LogP contribution in [0, 0.1) is 13.8 Å². The van der Waals surface area contributed by atoms with Crippen LogP contribution < -0.4 is 0 Å². The topological polar surface area (TPSA) is 52.1 Å². The molecule has 4 nitrogen and oxygen atoms in total. The summed E-state index contributed by atoms with van der Waals surface area (Å²) in [6, 6.07) is 1.93. The average Bonchev–Trinajstić information content (AvgIpc) is 2.72. The van der Waals surface area contributed by atoms with E-state index in [2.05, 4.69) is 10.1 Å². The second kappa shape index (κ2) is 3.65. The lowest BCUT2D eigenvalue weighted by Gasteiger charge is -1.90. The molecule has 2 aromatic heterocycles. The lowest BCUT2D eigenvalue weighted by molar-refractivity contribution is 0.374. The Morgan fingerprint density at radius 2 is 2.07 bits per heavy atom. The number of rotatable bonds is 3. The van der Waals surface area contributed by atoms with E-state index in [9.17, 15) is 0 Å². The molecule has 2 rings (SSSR count). The highest BCUT2D eigenvalue weighted by atomic mass is 16.5. The Morgan fingerprint density at radius 1 is 1.21 bits per heavy atom. The van der Waals surface area contributed by atoms with Gasteiger partial charge in [0.15, 0.2) is 5.89 Å². The molecule has 0 aliphatic heterocycles. The standard InChI is InChI=1S/C10H12N2O2/c1-7-5-9(14-12-7)3-4-10-11-8(2)6-13-10/h5-6H,3-4H2,1-2H3. The van der Waals surface area contributed by atoms with Gasteiger partial charge in [-0.1, -0.05) is 5.16 Å². The molecule has 0 atom stereocenters. The molecule has 0 amide bonds. The van der Waals surface area contributed by atoms with Crippen LogP contribution in [-0.4, -0.2) is 10.1 Å². The Bertz CT molecular complexity index is 377. The fourth-order valence-corrected chi connectivity index (χ4v) is 1.28. The Morgan fingerprint density at radius 3 is 2.64 bits per heavy atom. The molecule has 2 aromatic rings. The quantitative estimate of drug-likeness (QED) is 0.746. The zero-order chi connectivity index (χ0) is 9.97. The van der Waals surface area contributed by atoms with Gasteiger partial charge >= 0.3 is 0 Å². The Balaban J connectivity index is 1.94. The van der Waals surface area contributed by atoms with Crippen molar-refractivity contribution in [2.45, 2.75) is 26.7 Å². The third kappa shape index (κ3) is 2.02. The molecule has 0 aromatic carbocycles. The van der Waals surface area contributed by atoms with Crippen molar-refractivity contribution >= 4 is 0 Å². The van der Waals surface area contributed by atoms with Gasteiger partial charge in [0.1, 0.15) is 12.0 Å². The summed E-state index contributed by atoms with van der Waals surface area (Å²) in [4.78, 5) is 4.20. The Hall–Kier alpha value is -1.58. The fourth-order valence-electron chi connectivity index (χ4n) is 1.28. The maximum Gasteiger partial charge on any atom is 0.194 e. The smallest absolute Gasteiger partial charge is 0.194 e. The van der Waals surface area contributed by atoms with Gasteiger partial charge in [-0.05, 0) is 13.8 Å². The van der Waals surface area contributed by atoms with Crippen LogP contribution >= 0.6 is 0 Å². The Kier molecular flexibility index (Phi) is 2.35. The molecule has 14 heavy (non-hydrogen) atoms. The SMILES string of the molecule is Cc1cc(CCc2nc(C)co2)on1. The summed E-state index contributed by atoms with van der Waals surface area (Å²) in [5, 5.41) is 3.81. The van der Waals surface area contributed by atoms with Crippen molar-refractivity contribution in [1.82, 2.24) is 10.1 Å². The van der Waals surface area contributed by atoms with E-state index in [4.69, 9.17) is 8.94 Å². The third-order valence-electron chi connectivity index (χ3n) is 1.93. The van der Waals surface area contributed by atoms with E-state index in [1.807, 2.05) is 19.9 Å². The van der Waals surface area contributed by atoms with Crippen LogP contribution in [0.2, 0.25) is 0 Å². The van der Waals surface area contributed by atoms with Gasteiger partial charge in [-0.2, -0.15) is 0 Å². The minimum atomic E-state index is 0.747. The highest BCUT2D eigenvalue weighted by molar-refractivity contribution is 5.04. The number of oxazole rings is 1. The molecule has 74 valence electrons. The van der Waals surface area contributed by atoms with Gasteiger partial charge in [-0.15, -0.1) is 0 Å². The predicted octanol–water partition coefficient (Wildman–Crippen LogP) is 2.06. The summed E-state index contributed by atoms with van der Waals surface area (Å²) in [5.41, 5.74) is 1.82. The Labute approximate surface area is 81.9 Å². The van der Waals surface area contributed by atoms with E-state index in [1.54, 1.807) is 6.26 Å². The minimum Gasteiger partial charge on any atom is -0.449 e. The number of hydrogen-bond acceptors (Lipinski definition) is 4. The minimum absolute atomic E-state index is 0.747. The van der Waals surface area contributed by atoms with Gasteiger partial charge in [-0.3, -0.25) is 0 Å². The molecular formula is C10H12N2O2. The van der Waals surface area contributed by atoms with Crippen molar-refractivity contribution < 1.29 is 8.94 Å². The van der Waals surface area contributed by atoms with Crippen molar-refractivity contribution in [3.8, 4) is 0 Å². The lowest BCUT2D eigenvalue weighted by Crippen LogP contribution is -1.89. The first-order valence-corrected chi connectivity index (χ1v) is 4.57. The van der Waals surface area contributed by atoms with Crippen LogP contribution in [0.1, 0.15) is 23.0 Å². The van der Waals surface area contributed by atoms with Crippen LogP contribution in [0.5, 0.6) is 0 Å². The molecule has 4 heteroatoms. The lowest BCUT2D eigenvalue weighted by atomic mass is 10.2. The first kappa shape index (κ1) is 8.99. The first-order chi connectivity index (χ1) is 6.74. The van der Waals surface area contributed by atoms with Gasteiger partial charge in [0.05, 0.1) is 11.4 Å². The van der Waals surface area contributed by atoms with E-state index in [1.165, 1.54) is 0 Å². The fraction of sp³-hybridized carbons (Fsp3) is 0.400. The summed E-state index contributed by atoms with van der Waals surface area (Å²) in [6.07, 6.45) is 3.18. The van der Waals surface area contributed by atoms with Crippen LogP contribution in [0.15, 0.2) is 21.3 Å². The van der Waals surface area contributed by atoms with Crippen molar-refractivity contribution in [2.75, 3.05) is 0 Å². The molecule has 0 saturated heterocycles. The van der Waals surface area contributed by atoms with Crippen LogP contribution in [-0.2, 0) is 12.8 Å². The number of aryl methyl sites for hydroxylation is 4. The predicted molar refractivity (Wildman–Crippen MR) is 49.9 cm³/mol. The van der Waals surface area contributed by atoms with E-state index >= 15 is 0 Å². The molecule has 0 bridgehead atoms. The largest absolute Gasteiger partial charge is 0.449 e. The van der Waals surface area contributed by atoms with E-state index in [0.29, 0.717) is 0 Å². The highest BCUT2D eigenvalue weighted by Gasteiger charge is 2.04. The molecule has 0 aliphatic rings. The summed E-state index contributed by atoms with van der Waals surface area (Å²) in [6.45, 7) is 3.81. The highest BCUT2D eigenvalue weighted by Crippen LogP contribution is 2.08. The maximum atomic E-state index is 5.22. The maximum absolute atomic E-state index is 5.22. The van der Waals surface area contributed by atoms with E-state index in [0.717, 1.165) is 35.9 Å². The second-order valence-corrected chi connectivity index (χ2v) is 3.32. The summed E-state index contributed by atoms with van der Waals surface area (Å²) < 4.78 is 10.3. The third-order valence-corrected chi connectivity index (χ3v) is 1.93. The van der Waals surface area contributed by atoms with Crippen LogP contribution in [0.25, 0.3) is 0 Å². The van der Waals surface area contributed by atoms with Crippen molar-refractivity contribution in [3.05, 3.63) is 35.4 Å². The van der Waals surface area contributed by atoms with Gasteiger partial charge in [0.2, 0.25) is 0 Å². The summed E-state index contributed by atoms with van der Waals surface area (Å²) in [7, 11) is 0. The number of aromatic nitrogens is 2. The summed E-state index contributed by atoms with van der Waals surface area (Å²) in [5.74, 6) is 1.62. The molecule has 0 aliphatic carbocycles. The average molecular weight is 192 g/mol.